The van der Waals surface area contributed by atoms with Crippen molar-refractivity contribution in [1.82, 2.24) is 5.01 Å². The molecule has 0 unspecified atom stereocenters. The fraction of sp³-hybridized carbons (Fsp3) is 0.636. The van der Waals surface area contributed by atoms with Crippen molar-refractivity contribution in [3.8, 4) is 11.5 Å². The molecular weight excluding hydrogens is 402 g/mol. The molecule has 3 N–H and O–H groups in total. The molecule has 0 saturated heterocycles. The highest BCUT2D eigenvalue weighted by Crippen LogP contribution is 2.40. The number of benzene rings is 1. The highest BCUT2D eigenvalue weighted by Gasteiger charge is 2.25. The van der Waals surface area contributed by atoms with Crippen LogP contribution in [0.25, 0.3) is 0 Å². The van der Waals surface area contributed by atoms with Crippen molar-refractivity contribution in [2.45, 2.75) is 58.8 Å². The van der Waals surface area contributed by atoms with Crippen LogP contribution in [0.4, 0.5) is 10.5 Å². The molecule has 31 heavy (non-hydrogen) atoms. The first-order valence-corrected chi connectivity index (χ1v) is 10.5. The van der Waals surface area contributed by atoms with E-state index in [1.165, 1.54) is 7.11 Å². The van der Waals surface area contributed by atoms with Crippen LogP contribution in [0.15, 0.2) is 12.1 Å². The number of hydrogen-bond donors (Lipinski definition) is 2. The van der Waals surface area contributed by atoms with E-state index in [0.717, 1.165) is 17.0 Å². The number of hydrazine groups is 1. The fourth-order valence-electron chi connectivity index (χ4n) is 2.89. The molecule has 0 aromatic heterocycles. The van der Waals surface area contributed by atoms with Gasteiger partial charge < -0.3 is 24.3 Å². The Morgan fingerprint density at radius 2 is 1.84 bits per heavy atom. The van der Waals surface area contributed by atoms with Gasteiger partial charge in [0.15, 0.2) is 6.79 Å². The summed E-state index contributed by atoms with van der Waals surface area (Å²) in [5, 5.41) is 3.92. The van der Waals surface area contributed by atoms with Gasteiger partial charge in [0.05, 0.1) is 19.4 Å². The smallest absolute Gasteiger partial charge is 0.336 e. The van der Waals surface area contributed by atoms with E-state index < -0.39 is 6.03 Å². The number of nitrogens with zero attached hydrogens (tertiary/aromatic N) is 1. The number of rotatable bonds is 12. The summed E-state index contributed by atoms with van der Waals surface area (Å²) in [7, 11) is 3.09. The average molecular weight is 440 g/mol. The normalized spacial score (nSPS) is 11.1. The zero-order valence-electron chi connectivity index (χ0n) is 19.6. The maximum Gasteiger partial charge on any atom is 0.336 e. The zero-order chi connectivity index (χ0) is 23.4. The van der Waals surface area contributed by atoms with Crippen molar-refractivity contribution >= 4 is 17.7 Å². The summed E-state index contributed by atoms with van der Waals surface area (Å²) in [6.07, 6.45) is 2.48. The summed E-state index contributed by atoms with van der Waals surface area (Å²) in [5.74, 6) is 6.82. The van der Waals surface area contributed by atoms with Crippen molar-refractivity contribution in [3.05, 3.63) is 17.7 Å². The summed E-state index contributed by atoms with van der Waals surface area (Å²) in [5.41, 5.74) is 1.05. The first-order chi connectivity index (χ1) is 14.6. The third-order valence-electron chi connectivity index (χ3n) is 4.51. The Labute approximate surface area is 185 Å². The second-order valence-corrected chi connectivity index (χ2v) is 8.09. The van der Waals surface area contributed by atoms with Crippen LogP contribution in [-0.2, 0) is 19.7 Å². The average Bonchev–Trinajstić information content (AvgIpc) is 2.71. The molecule has 0 aliphatic rings. The molecule has 2 amide bonds. The van der Waals surface area contributed by atoms with Crippen LogP contribution >= 0.6 is 0 Å². The molecule has 0 saturated carbocycles. The lowest BCUT2D eigenvalue weighted by atomic mass is 9.85. The molecule has 0 radical (unpaired) electrons. The number of carbonyl (C=O) groups is 2. The molecule has 9 heteroatoms. The molecule has 0 heterocycles. The number of carbonyl (C=O) groups excluding carboxylic acids is 2. The van der Waals surface area contributed by atoms with Crippen LogP contribution in [-0.4, -0.2) is 51.2 Å². The number of unbranched alkanes of at least 4 members (excludes halogenated alkanes) is 2. The Bertz CT molecular complexity index is 718. The first kappa shape index (κ1) is 26.5. The summed E-state index contributed by atoms with van der Waals surface area (Å²) < 4.78 is 21.1. The molecule has 0 aliphatic carbocycles. The molecule has 9 nitrogen and oxygen atoms in total. The third-order valence-corrected chi connectivity index (χ3v) is 4.51. The number of hydrogen-bond acceptors (Lipinski definition) is 7. The molecule has 1 rings (SSSR count). The van der Waals surface area contributed by atoms with Gasteiger partial charge in [-0.1, -0.05) is 27.2 Å². The molecule has 0 atom stereocenters. The largest absolute Gasteiger partial charge is 0.497 e. The van der Waals surface area contributed by atoms with Gasteiger partial charge in [-0.15, -0.1) is 0 Å². The molecular formula is C22H37N3O6. The van der Waals surface area contributed by atoms with Crippen LogP contribution in [0.2, 0.25) is 0 Å². The maximum absolute atomic E-state index is 12.6. The number of ether oxygens (including phenoxy) is 4. The van der Waals surface area contributed by atoms with Crippen molar-refractivity contribution in [2.75, 3.05) is 39.5 Å². The number of urea groups is 1. The SMILES string of the molecule is CCOC(=O)CCCCCN(N)C(=O)Nc1cc(OC)cc(C(C)(C)C)c1OCOC. The van der Waals surface area contributed by atoms with Crippen LogP contribution < -0.4 is 20.6 Å². The van der Waals surface area contributed by atoms with E-state index in [4.69, 9.17) is 24.8 Å². The predicted molar refractivity (Wildman–Crippen MR) is 119 cm³/mol. The minimum absolute atomic E-state index is 0.0328. The highest BCUT2D eigenvalue weighted by molar-refractivity contribution is 5.91. The standard InChI is InChI=1S/C22H37N3O6/c1-7-30-19(26)11-9-8-10-12-25(23)21(27)24-18-14-16(29-6)13-17(22(2,3)4)20(18)31-15-28-5/h13-14H,7-12,15,23H2,1-6H3,(H,24,27). The van der Waals surface area contributed by atoms with Gasteiger partial charge >= 0.3 is 12.0 Å². The minimum atomic E-state index is -0.472. The Balaban J connectivity index is 2.82. The molecule has 0 fully saturated rings. The van der Waals surface area contributed by atoms with Crippen molar-refractivity contribution < 1.29 is 28.5 Å². The lowest BCUT2D eigenvalue weighted by molar-refractivity contribution is -0.143. The second kappa shape index (κ2) is 13.0. The number of anilines is 1. The van der Waals surface area contributed by atoms with E-state index in [9.17, 15) is 9.59 Å². The van der Waals surface area contributed by atoms with Gasteiger partial charge in [0.25, 0.3) is 0 Å². The van der Waals surface area contributed by atoms with Crippen LogP contribution in [0.3, 0.4) is 0 Å². The summed E-state index contributed by atoms with van der Waals surface area (Å²) in [4.78, 5) is 24.0. The number of methoxy groups -OCH3 is 2. The van der Waals surface area contributed by atoms with Crippen molar-refractivity contribution in [1.29, 1.82) is 0 Å². The predicted octanol–water partition coefficient (Wildman–Crippen LogP) is 3.81. The molecule has 1 aromatic carbocycles. The Kier molecular flexibility index (Phi) is 11.1. The van der Waals surface area contributed by atoms with Gasteiger partial charge in [0.2, 0.25) is 0 Å². The molecule has 0 spiro atoms. The van der Waals surface area contributed by atoms with E-state index >= 15 is 0 Å². The van der Waals surface area contributed by atoms with Gasteiger partial charge in [-0.05, 0) is 31.2 Å². The number of esters is 1. The topological polar surface area (TPSA) is 112 Å². The number of amides is 2. The Morgan fingerprint density at radius 3 is 2.42 bits per heavy atom. The van der Waals surface area contributed by atoms with E-state index in [1.807, 2.05) is 26.8 Å². The fourth-order valence-corrected chi connectivity index (χ4v) is 2.89. The molecule has 0 bridgehead atoms. The second-order valence-electron chi connectivity index (χ2n) is 8.09. The number of nitrogens with two attached hydrogens (primary N) is 1. The first-order valence-electron chi connectivity index (χ1n) is 10.5. The van der Waals surface area contributed by atoms with Crippen LogP contribution in [0, 0.1) is 0 Å². The van der Waals surface area contributed by atoms with Gasteiger partial charge in [-0.2, -0.15) is 0 Å². The van der Waals surface area contributed by atoms with Crippen molar-refractivity contribution in [3.63, 3.8) is 0 Å². The van der Waals surface area contributed by atoms with Crippen LogP contribution in [0.5, 0.6) is 11.5 Å². The van der Waals surface area contributed by atoms with E-state index in [-0.39, 0.29) is 18.2 Å². The van der Waals surface area contributed by atoms with Crippen LogP contribution in [0.1, 0.15) is 58.9 Å². The summed E-state index contributed by atoms with van der Waals surface area (Å²) in [6.45, 7) is 8.66. The highest BCUT2D eigenvalue weighted by atomic mass is 16.7. The molecule has 1 aromatic rings. The maximum atomic E-state index is 12.6. The van der Waals surface area contributed by atoms with Gasteiger partial charge in [-0.3, -0.25) is 9.80 Å². The minimum Gasteiger partial charge on any atom is -0.497 e. The zero-order valence-corrected chi connectivity index (χ0v) is 19.6. The third kappa shape index (κ3) is 9.02. The quantitative estimate of drug-likeness (QED) is 0.127. The van der Waals surface area contributed by atoms with Gasteiger partial charge in [0.1, 0.15) is 11.5 Å². The molecule has 176 valence electrons. The summed E-state index contributed by atoms with van der Waals surface area (Å²) >= 11 is 0. The van der Waals surface area contributed by atoms with E-state index in [0.29, 0.717) is 49.6 Å². The van der Waals surface area contributed by atoms with Crippen molar-refractivity contribution in [2.24, 2.45) is 5.84 Å². The molecule has 0 aliphatic heterocycles. The van der Waals surface area contributed by atoms with E-state index in [1.54, 1.807) is 20.1 Å². The summed E-state index contributed by atoms with van der Waals surface area (Å²) in [6, 6.07) is 3.09. The van der Waals surface area contributed by atoms with E-state index in [2.05, 4.69) is 5.32 Å². The number of nitrogens with one attached hydrogen (secondary N) is 1. The lowest BCUT2D eigenvalue weighted by Crippen LogP contribution is -2.41. The Morgan fingerprint density at radius 1 is 1.13 bits per heavy atom. The Hall–Kier alpha value is -2.52. The lowest BCUT2D eigenvalue weighted by Gasteiger charge is -2.26. The van der Waals surface area contributed by atoms with Gasteiger partial charge in [0, 0.05) is 31.7 Å². The van der Waals surface area contributed by atoms with Gasteiger partial charge in [-0.25, -0.2) is 10.6 Å². The monoisotopic (exact) mass is 439 g/mol.